The third-order valence-corrected chi connectivity index (χ3v) is 1.94. The summed E-state index contributed by atoms with van der Waals surface area (Å²) in [5.74, 6) is 0.846. The number of hydrogen-bond acceptors (Lipinski definition) is 1. The molecule has 65 valence electrons. The first kappa shape index (κ1) is 9.40. The zero-order valence-electron chi connectivity index (χ0n) is 7.30. The van der Waals surface area contributed by atoms with E-state index in [9.17, 15) is 0 Å². The molecular formula is C10H12ClO. The molecule has 0 spiro atoms. The number of aryl methyl sites for hydroxylation is 1. The van der Waals surface area contributed by atoms with Crippen molar-refractivity contribution in [2.45, 2.75) is 20.3 Å². The van der Waals surface area contributed by atoms with Crippen molar-refractivity contribution >= 4 is 11.6 Å². The Morgan fingerprint density at radius 3 is 2.83 bits per heavy atom. The van der Waals surface area contributed by atoms with E-state index in [1.54, 1.807) is 6.61 Å². The van der Waals surface area contributed by atoms with Gasteiger partial charge in [0.1, 0.15) is 12.4 Å². The second-order valence-corrected chi connectivity index (χ2v) is 3.01. The van der Waals surface area contributed by atoms with Crippen molar-refractivity contribution in [3.05, 3.63) is 35.4 Å². The molecule has 0 aromatic heterocycles. The lowest BCUT2D eigenvalue weighted by atomic mass is 10.2. The first-order valence-corrected chi connectivity index (χ1v) is 4.36. The largest absolute Gasteiger partial charge is 0.487 e. The maximum Gasteiger partial charge on any atom is 0.135 e. The molecule has 0 aliphatic carbocycles. The van der Waals surface area contributed by atoms with Crippen LogP contribution >= 0.6 is 11.6 Å². The van der Waals surface area contributed by atoms with Crippen LogP contribution in [0.1, 0.15) is 18.9 Å². The van der Waals surface area contributed by atoms with Gasteiger partial charge in [-0.3, -0.25) is 0 Å². The number of benzene rings is 1. The average molecular weight is 184 g/mol. The molecule has 0 saturated heterocycles. The molecule has 0 heterocycles. The van der Waals surface area contributed by atoms with E-state index in [1.807, 2.05) is 32.0 Å². The van der Waals surface area contributed by atoms with E-state index in [1.165, 1.54) is 0 Å². The van der Waals surface area contributed by atoms with Crippen LogP contribution in [0, 0.1) is 13.5 Å². The minimum absolute atomic E-state index is 0.777. The fraction of sp³-hybridized carbons (Fsp3) is 0.300. The van der Waals surface area contributed by atoms with Crippen molar-refractivity contribution in [3.63, 3.8) is 0 Å². The number of halogens is 1. The summed E-state index contributed by atoms with van der Waals surface area (Å²) in [4.78, 5) is 0. The first-order chi connectivity index (χ1) is 5.74. The van der Waals surface area contributed by atoms with Crippen LogP contribution in [-0.2, 0) is 0 Å². The quantitative estimate of drug-likeness (QED) is 0.696. The van der Waals surface area contributed by atoms with E-state index in [0.29, 0.717) is 0 Å². The lowest BCUT2D eigenvalue weighted by molar-refractivity contribution is 0.397. The van der Waals surface area contributed by atoms with Gasteiger partial charge in [0.25, 0.3) is 0 Å². The molecule has 0 atom stereocenters. The summed E-state index contributed by atoms with van der Waals surface area (Å²) in [6.45, 7) is 5.76. The van der Waals surface area contributed by atoms with Gasteiger partial charge in [-0.25, -0.2) is 0 Å². The lowest BCUT2D eigenvalue weighted by Crippen LogP contribution is -1.88. The van der Waals surface area contributed by atoms with E-state index in [-0.39, 0.29) is 0 Å². The maximum absolute atomic E-state index is 5.85. The summed E-state index contributed by atoms with van der Waals surface area (Å²) in [7, 11) is 0. The highest BCUT2D eigenvalue weighted by atomic mass is 35.5. The van der Waals surface area contributed by atoms with E-state index in [0.717, 1.165) is 22.8 Å². The molecule has 0 amide bonds. The smallest absolute Gasteiger partial charge is 0.135 e. The zero-order chi connectivity index (χ0) is 8.97. The summed E-state index contributed by atoms with van der Waals surface area (Å²) in [6.07, 6.45) is 0.904. The molecule has 0 aliphatic rings. The minimum Gasteiger partial charge on any atom is -0.487 e. The predicted molar refractivity (Wildman–Crippen MR) is 51.4 cm³/mol. The van der Waals surface area contributed by atoms with E-state index in [4.69, 9.17) is 16.3 Å². The van der Waals surface area contributed by atoms with Crippen molar-refractivity contribution in [1.29, 1.82) is 0 Å². The molecule has 1 aromatic rings. The SMILES string of the molecule is CC[CH]Oc1ccc(Cl)c(C)c1. The van der Waals surface area contributed by atoms with Gasteiger partial charge in [-0.15, -0.1) is 0 Å². The van der Waals surface area contributed by atoms with Crippen molar-refractivity contribution in [2.24, 2.45) is 0 Å². The summed E-state index contributed by atoms with van der Waals surface area (Å²) in [5, 5.41) is 0.777. The van der Waals surface area contributed by atoms with Gasteiger partial charge in [-0.1, -0.05) is 18.5 Å². The van der Waals surface area contributed by atoms with Gasteiger partial charge in [0.2, 0.25) is 0 Å². The Morgan fingerprint density at radius 1 is 1.50 bits per heavy atom. The van der Waals surface area contributed by atoms with Gasteiger partial charge in [0, 0.05) is 5.02 Å². The standard InChI is InChI=1S/C10H12ClO/c1-3-6-12-9-4-5-10(11)8(2)7-9/h4-7H,3H2,1-2H3. The molecule has 0 aliphatic heterocycles. The monoisotopic (exact) mass is 183 g/mol. The Labute approximate surface area is 78.3 Å². The van der Waals surface area contributed by atoms with Crippen LogP contribution in [0.2, 0.25) is 5.02 Å². The Balaban J connectivity index is 2.69. The van der Waals surface area contributed by atoms with Gasteiger partial charge < -0.3 is 4.74 Å². The number of rotatable bonds is 3. The fourth-order valence-corrected chi connectivity index (χ4v) is 0.988. The van der Waals surface area contributed by atoms with Crippen LogP contribution in [-0.4, -0.2) is 0 Å². The summed E-state index contributed by atoms with van der Waals surface area (Å²) < 4.78 is 5.31. The zero-order valence-corrected chi connectivity index (χ0v) is 8.06. The Bertz CT molecular complexity index is 258. The number of hydrogen-bond donors (Lipinski definition) is 0. The molecule has 0 N–H and O–H groups in total. The molecule has 2 heteroatoms. The molecule has 1 aromatic carbocycles. The van der Waals surface area contributed by atoms with Crippen LogP contribution < -0.4 is 4.74 Å². The van der Waals surface area contributed by atoms with E-state index in [2.05, 4.69) is 0 Å². The van der Waals surface area contributed by atoms with E-state index < -0.39 is 0 Å². The number of ether oxygens (including phenoxy) is 1. The molecule has 0 bridgehead atoms. The van der Waals surface area contributed by atoms with Crippen molar-refractivity contribution in [1.82, 2.24) is 0 Å². The lowest BCUT2D eigenvalue weighted by Gasteiger charge is -2.04. The van der Waals surface area contributed by atoms with Crippen LogP contribution in [0.5, 0.6) is 5.75 Å². The summed E-state index contributed by atoms with van der Waals surface area (Å²) in [6, 6.07) is 5.63. The Kier molecular flexibility index (Phi) is 3.42. The van der Waals surface area contributed by atoms with Crippen LogP contribution in [0.15, 0.2) is 18.2 Å². The van der Waals surface area contributed by atoms with Crippen molar-refractivity contribution < 1.29 is 4.74 Å². The summed E-state index contributed by atoms with van der Waals surface area (Å²) in [5.41, 5.74) is 1.04. The fourth-order valence-electron chi connectivity index (χ4n) is 0.870. The molecule has 1 nitrogen and oxygen atoms in total. The summed E-state index contributed by atoms with van der Waals surface area (Å²) >= 11 is 5.85. The van der Waals surface area contributed by atoms with Crippen LogP contribution in [0.4, 0.5) is 0 Å². The Morgan fingerprint density at radius 2 is 2.25 bits per heavy atom. The molecule has 0 fully saturated rings. The molecule has 0 saturated carbocycles. The normalized spacial score (nSPS) is 9.92. The van der Waals surface area contributed by atoms with Crippen LogP contribution in [0.3, 0.4) is 0 Å². The predicted octanol–water partition coefficient (Wildman–Crippen LogP) is 3.60. The van der Waals surface area contributed by atoms with Gasteiger partial charge in [-0.2, -0.15) is 0 Å². The molecular weight excluding hydrogens is 172 g/mol. The molecule has 12 heavy (non-hydrogen) atoms. The second-order valence-electron chi connectivity index (χ2n) is 2.60. The second kappa shape index (κ2) is 4.36. The molecule has 1 rings (SSSR count). The first-order valence-electron chi connectivity index (χ1n) is 3.98. The highest BCUT2D eigenvalue weighted by Crippen LogP contribution is 2.21. The molecule has 1 radical (unpaired) electrons. The van der Waals surface area contributed by atoms with Gasteiger partial charge >= 0.3 is 0 Å². The average Bonchev–Trinajstić information content (AvgIpc) is 2.07. The third kappa shape index (κ3) is 2.42. The Hall–Kier alpha value is -0.690. The van der Waals surface area contributed by atoms with Crippen LogP contribution in [0.25, 0.3) is 0 Å². The topological polar surface area (TPSA) is 9.23 Å². The van der Waals surface area contributed by atoms with Crippen molar-refractivity contribution in [2.75, 3.05) is 0 Å². The minimum atomic E-state index is 0.777. The molecule has 0 unspecified atom stereocenters. The van der Waals surface area contributed by atoms with Gasteiger partial charge in [-0.05, 0) is 37.1 Å². The highest BCUT2D eigenvalue weighted by Gasteiger charge is 1.97. The van der Waals surface area contributed by atoms with Gasteiger partial charge in [0.05, 0.1) is 0 Å². The van der Waals surface area contributed by atoms with Gasteiger partial charge in [0.15, 0.2) is 0 Å². The maximum atomic E-state index is 5.85. The van der Waals surface area contributed by atoms with Crippen molar-refractivity contribution in [3.8, 4) is 5.75 Å². The highest BCUT2D eigenvalue weighted by molar-refractivity contribution is 6.31. The van der Waals surface area contributed by atoms with E-state index >= 15 is 0 Å². The third-order valence-electron chi connectivity index (χ3n) is 1.52.